The first kappa shape index (κ1) is 10.3. The highest BCUT2D eigenvalue weighted by Crippen LogP contribution is 2.26. The first-order chi connectivity index (χ1) is 6.24. The normalized spacial score (nSPS) is 10.0. The summed E-state index contributed by atoms with van der Waals surface area (Å²) < 4.78 is 6.21. The Balaban J connectivity index is 2.56. The molecule has 0 atom stereocenters. The molecular formula is C9H12BrNO2. The summed E-state index contributed by atoms with van der Waals surface area (Å²) in [6.07, 6.45) is 0.636. The summed E-state index contributed by atoms with van der Waals surface area (Å²) in [5.41, 5.74) is 6.25. The van der Waals surface area contributed by atoms with Gasteiger partial charge in [-0.3, -0.25) is 0 Å². The van der Waals surface area contributed by atoms with Crippen LogP contribution in [0.2, 0.25) is 0 Å². The van der Waals surface area contributed by atoms with Crippen LogP contribution in [-0.2, 0) is 0 Å². The molecule has 0 unspecified atom stereocenters. The number of aliphatic hydroxyl groups excluding tert-OH is 1. The Morgan fingerprint density at radius 1 is 1.46 bits per heavy atom. The maximum Gasteiger partial charge on any atom is 0.133 e. The molecule has 0 aliphatic heterocycles. The van der Waals surface area contributed by atoms with Gasteiger partial charge in [0.25, 0.3) is 0 Å². The number of hydrogen-bond acceptors (Lipinski definition) is 3. The molecule has 1 aromatic rings. The number of hydrogen-bond donors (Lipinski definition) is 2. The Kier molecular flexibility index (Phi) is 4.05. The number of ether oxygens (including phenoxy) is 1. The van der Waals surface area contributed by atoms with Crippen molar-refractivity contribution in [1.82, 2.24) is 0 Å². The van der Waals surface area contributed by atoms with Crippen molar-refractivity contribution in [1.29, 1.82) is 0 Å². The maximum atomic E-state index is 8.55. The fraction of sp³-hybridized carbons (Fsp3) is 0.333. The zero-order valence-corrected chi connectivity index (χ0v) is 8.75. The van der Waals surface area contributed by atoms with E-state index >= 15 is 0 Å². The van der Waals surface area contributed by atoms with Crippen LogP contribution in [0.1, 0.15) is 6.42 Å². The minimum absolute atomic E-state index is 0.145. The molecule has 1 aromatic carbocycles. The number of rotatable bonds is 4. The second-order valence-electron chi connectivity index (χ2n) is 2.62. The number of halogens is 1. The van der Waals surface area contributed by atoms with Gasteiger partial charge in [-0.05, 0) is 34.1 Å². The molecule has 0 amide bonds. The van der Waals surface area contributed by atoms with Crippen molar-refractivity contribution in [2.75, 3.05) is 18.9 Å². The fourth-order valence-corrected chi connectivity index (χ4v) is 1.39. The molecule has 3 nitrogen and oxygen atoms in total. The number of nitrogens with two attached hydrogens (primary N) is 1. The van der Waals surface area contributed by atoms with Gasteiger partial charge in [0.05, 0.1) is 11.1 Å². The fourth-order valence-electron chi connectivity index (χ4n) is 0.881. The van der Waals surface area contributed by atoms with Gasteiger partial charge in [0.2, 0.25) is 0 Å². The summed E-state index contributed by atoms with van der Waals surface area (Å²) >= 11 is 3.33. The van der Waals surface area contributed by atoms with Crippen LogP contribution in [0.25, 0.3) is 0 Å². The van der Waals surface area contributed by atoms with E-state index in [1.54, 1.807) is 18.2 Å². The van der Waals surface area contributed by atoms with E-state index in [1.165, 1.54) is 0 Å². The van der Waals surface area contributed by atoms with E-state index in [1.807, 2.05) is 0 Å². The van der Waals surface area contributed by atoms with E-state index in [9.17, 15) is 0 Å². The summed E-state index contributed by atoms with van der Waals surface area (Å²) in [6, 6.07) is 5.37. The third-order valence-electron chi connectivity index (χ3n) is 1.52. The monoisotopic (exact) mass is 245 g/mol. The SMILES string of the molecule is Nc1ccc(OCCCO)c(Br)c1. The van der Waals surface area contributed by atoms with Gasteiger partial charge in [-0.1, -0.05) is 0 Å². The Morgan fingerprint density at radius 2 is 2.23 bits per heavy atom. The van der Waals surface area contributed by atoms with Crippen molar-refractivity contribution in [2.45, 2.75) is 6.42 Å². The summed E-state index contributed by atoms with van der Waals surface area (Å²) in [4.78, 5) is 0. The molecule has 0 saturated heterocycles. The lowest BCUT2D eigenvalue weighted by Crippen LogP contribution is -2.00. The molecule has 0 saturated carbocycles. The van der Waals surface area contributed by atoms with Gasteiger partial charge in [-0.15, -0.1) is 0 Å². The smallest absolute Gasteiger partial charge is 0.133 e. The minimum atomic E-state index is 0.145. The van der Waals surface area contributed by atoms with Gasteiger partial charge in [-0.25, -0.2) is 0 Å². The van der Waals surface area contributed by atoms with Crippen LogP contribution < -0.4 is 10.5 Å². The number of anilines is 1. The molecule has 0 radical (unpaired) electrons. The Bertz CT molecular complexity index is 278. The third-order valence-corrected chi connectivity index (χ3v) is 2.14. The zero-order valence-electron chi connectivity index (χ0n) is 7.16. The van der Waals surface area contributed by atoms with Crippen molar-refractivity contribution in [3.63, 3.8) is 0 Å². The molecule has 0 aliphatic carbocycles. The van der Waals surface area contributed by atoms with Crippen LogP contribution in [0.4, 0.5) is 5.69 Å². The molecule has 13 heavy (non-hydrogen) atoms. The average molecular weight is 246 g/mol. The van der Waals surface area contributed by atoms with E-state index in [4.69, 9.17) is 15.6 Å². The maximum absolute atomic E-state index is 8.55. The summed E-state index contributed by atoms with van der Waals surface area (Å²) in [6.45, 7) is 0.658. The standard InChI is InChI=1S/C9H12BrNO2/c10-8-6-7(11)2-3-9(8)13-5-1-4-12/h2-3,6,12H,1,4-5,11H2. The lowest BCUT2D eigenvalue weighted by molar-refractivity contribution is 0.233. The van der Waals surface area contributed by atoms with Crippen LogP contribution in [0.5, 0.6) is 5.75 Å². The molecule has 0 fully saturated rings. The van der Waals surface area contributed by atoms with Crippen LogP contribution in [-0.4, -0.2) is 18.3 Å². The summed E-state index contributed by atoms with van der Waals surface area (Å²) in [7, 11) is 0. The molecule has 0 heterocycles. The first-order valence-electron chi connectivity index (χ1n) is 4.02. The molecule has 72 valence electrons. The molecule has 0 bridgehead atoms. The lowest BCUT2D eigenvalue weighted by atomic mass is 10.3. The Hall–Kier alpha value is -0.740. The second kappa shape index (κ2) is 5.09. The van der Waals surface area contributed by atoms with Crippen LogP contribution >= 0.6 is 15.9 Å². The average Bonchev–Trinajstić information content (AvgIpc) is 2.09. The highest BCUT2D eigenvalue weighted by atomic mass is 79.9. The molecule has 0 aliphatic rings. The van der Waals surface area contributed by atoms with Crippen molar-refractivity contribution in [2.24, 2.45) is 0 Å². The highest BCUT2D eigenvalue weighted by Gasteiger charge is 2.00. The van der Waals surface area contributed by atoms with Gasteiger partial charge < -0.3 is 15.6 Å². The molecule has 4 heteroatoms. The van der Waals surface area contributed by atoms with E-state index in [2.05, 4.69) is 15.9 Å². The number of aliphatic hydroxyl groups is 1. The predicted molar refractivity (Wildman–Crippen MR) is 55.8 cm³/mol. The van der Waals surface area contributed by atoms with E-state index in [0.29, 0.717) is 18.7 Å². The van der Waals surface area contributed by atoms with Gasteiger partial charge in [0.15, 0.2) is 0 Å². The predicted octanol–water partition coefficient (Wildman–Crippen LogP) is 1.79. The van der Waals surface area contributed by atoms with Crippen molar-refractivity contribution in [3.05, 3.63) is 22.7 Å². The van der Waals surface area contributed by atoms with E-state index in [-0.39, 0.29) is 6.61 Å². The number of benzene rings is 1. The molecule has 0 spiro atoms. The number of nitrogen functional groups attached to an aromatic ring is 1. The van der Waals surface area contributed by atoms with Gasteiger partial charge in [0, 0.05) is 18.7 Å². The van der Waals surface area contributed by atoms with Crippen LogP contribution in [0.15, 0.2) is 22.7 Å². The quantitative estimate of drug-likeness (QED) is 0.629. The van der Waals surface area contributed by atoms with Crippen molar-refractivity contribution >= 4 is 21.6 Å². The zero-order chi connectivity index (χ0) is 9.68. The molecule has 3 N–H and O–H groups in total. The van der Waals surface area contributed by atoms with E-state index in [0.717, 1.165) is 10.2 Å². The third kappa shape index (κ3) is 3.24. The first-order valence-corrected chi connectivity index (χ1v) is 4.82. The molecular weight excluding hydrogens is 234 g/mol. The molecule has 1 rings (SSSR count). The summed E-state index contributed by atoms with van der Waals surface area (Å²) in [5.74, 6) is 0.752. The van der Waals surface area contributed by atoms with Crippen molar-refractivity contribution in [3.8, 4) is 5.75 Å². The highest BCUT2D eigenvalue weighted by molar-refractivity contribution is 9.10. The van der Waals surface area contributed by atoms with Gasteiger partial charge in [-0.2, -0.15) is 0 Å². The largest absolute Gasteiger partial charge is 0.492 e. The van der Waals surface area contributed by atoms with Gasteiger partial charge in [0.1, 0.15) is 5.75 Å². The summed E-state index contributed by atoms with van der Waals surface area (Å²) in [5, 5.41) is 8.55. The second-order valence-corrected chi connectivity index (χ2v) is 3.47. The van der Waals surface area contributed by atoms with Crippen LogP contribution in [0.3, 0.4) is 0 Å². The van der Waals surface area contributed by atoms with E-state index < -0.39 is 0 Å². The topological polar surface area (TPSA) is 55.5 Å². The van der Waals surface area contributed by atoms with Crippen LogP contribution in [0, 0.1) is 0 Å². The lowest BCUT2D eigenvalue weighted by Gasteiger charge is -2.07. The minimum Gasteiger partial charge on any atom is -0.492 e. The molecule has 0 aromatic heterocycles. The Labute approximate surface area is 85.6 Å². The van der Waals surface area contributed by atoms with Gasteiger partial charge >= 0.3 is 0 Å². The van der Waals surface area contributed by atoms with Crippen molar-refractivity contribution < 1.29 is 9.84 Å². The Morgan fingerprint density at radius 3 is 2.85 bits per heavy atom.